The van der Waals surface area contributed by atoms with Crippen molar-refractivity contribution in [3.8, 4) is 17.2 Å². The average molecular weight is 365 g/mol. The molecule has 0 aliphatic heterocycles. The monoisotopic (exact) mass is 365 g/mol. The fourth-order valence-corrected chi connectivity index (χ4v) is 2.81. The second-order valence-electron chi connectivity index (χ2n) is 6.17. The van der Waals surface area contributed by atoms with Crippen LogP contribution < -0.4 is 19.6 Å². The van der Waals surface area contributed by atoms with Crippen LogP contribution in [0.5, 0.6) is 17.2 Å². The summed E-state index contributed by atoms with van der Waals surface area (Å²) in [7, 11) is 4.78. The Morgan fingerprint density at radius 3 is 2.30 bits per heavy atom. The molecule has 1 aromatic heterocycles. The summed E-state index contributed by atoms with van der Waals surface area (Å²) < 4.78 is 16.1. The minimum Gasteiger partial charge on any atom is -0.496 e. The molecule has 0 radical (unpaired) electrons. The minimum atomic E-state index is 0.599. The molecular formula is C21H23N3O3. The normalized spacial score (nSPS) is 11.0. The highest BCUT2D eigenvalue weighted by Gasteiger charge is 2.10. The standard InChI is InChI=1S/C21H23N3O3/c1-13-6-7-15-9-14(2)21(23-17(15)8-13)24-22-12-16-10-19(26-4)20(27-5)11-18(16)25-3/h6-12H,1-5H3,(H,23,24)/b22-12-. The van der Waals surface area contributed by atoms with Gasteiger partial charge in [-0.2, -0.15) is 5.10 Å². The lowest BCUT2D eigenvalue weighted by atomic mass is 10.1. The SMILES string of the molecule is COc1cc(OC)c(OC)cc1/C=N\Nc1nc2cc(C)ccc2cc1C. The number of hydrogen-bond donors (Lipinski definition) is 1. The summed E-state index contributed by atoms with van der Waals surface area (Å²) in [5, 5.41) is 5.43. The maximum absolute atomic E-state index is 5.41. The van der Waals surface area contributed by atoms with E-state index in [-0.39, 0.29) is 0 Å². The summed E-state index contributed by atoms with van der Waals surface area (Å²) >= 11 is 0. The molecule has 1 N–H and O–H groups in total. The van der Waals surface area contributed by atoms with Crippen molar-refractivity contribution in [1.29, 1.82) is 0 Å². The molecule has 2 aromatic carbocycles. The van der Waals surface area contributed by atoms with Gasteiger partial charge in [0.25, 0.3) is 0 Å². The lowest BCUT2D eigenvalue weighted by molar-refractivity contribution is 0.349. The van der Waals surface area contributed by atoms with Crippen LogP contribution in [0.1, 0.15) is 16.7 Å². The van der Waals surface area contributed by atoms with Gasteiger partial charge in [-0.05, 0) is 43.2 Å². The van der Waals surface area contributed by atoms with Crippen molar-refractivity contribution in [1.82, 2.24) is 4.98 Å². The first-order valence-electron chi connectivity index (χ1n) is 8.52. The number of aromatic nitrogens is 1. The Hall–Kier alpha value is -3.28. The molecule has 0 aliphatic rings. The van der Waals surface area contributed by atoms with Crippen molar-refractivity contribution < 1.29 is 14.2 Å². The highest BCUT2D eigenvalue weighted by molar-refractivity contribution is 5.86. The van der Waals surface area contributed by atoms with Crippen molar-refractivity contribution >= 4 is 22.9 Å². The van der Waals surface area contributed by atoms with E-state index in [1.165, 1.54) is 5.56 Å². The molecule has 0 unspecified atom stereocenters. The number of methoxy groups -OCH3 is 3. The molecule has 6 nitrogen and oxygen atoms in total. The van der Waals surface area contributed by atoms with Gasteiger partial charge >= 0.3 is 0 Å². The maximum Gasteiger partial charge on any atom is 0.164 e. The lowest BCUT2D eigenvalue weighted by Gasteiger charge is -2.12. The number of nitrogens with zero attached hydrogens (tertiary/aromatic N) is 2. The molecule has 0 fully saturated rings. The first kappa shape index (κ1) is 18.5. The van der Waals surface area contributed by atoms with Crippen molar-refractivity contribution in [2.75, 3.05) is 26.8 Å². The van der Waals surface area contributed by atoms with E-state index in [4.69, 9.17) is 14.2 Å². The molecule has 0 bridgehead atoms. The van der Waals surface area contributed by atoms with E-state index < -0.39 is 0 Å². The van der Waals surface area contributed by atoms with Gasteiger partial charge in [0.05, 0.1) is 33.1 Å². The van der Waals surface area contributed by atoms with Crippen LogP contribution >= 0.6 is 0 Å². The van der Waals surface area contributed by atoms with Crippen LogP contribution in [0.3, 0.4) is 0 Å². The van der Waals surface area contributed by atoms with Crippen LogP contribution in [-0.2, 0) is 0 Å². The first-order valence-corrected chi connectivity index (χ1v) is 8.52. The van der Waals surface area contributed by atoms with Crippen LogP contribution in [0.2, 0.25) is 0 Å². The zero-order valence-electron chi connectivity index (χ0n) is 16.2. The maximum atomic E-state index is 5.41. The van der Waals surface area contributed by atoms with Gasteiger partial charge in [-0.15, -0.1) is 0 Å². The van der Waals surface area contributed by atoms with Crippen LogP contribution in [0, 0.1) is 13.8 Å². The van der Waals surface area contributed by atoms with E-state index in [1.807, 2.05) is 13.0 Å². The Morgan fingerprint density at radius 1 is 0.889 bits per heavy atom. The quantitative estimate of drug-likeness (QED) is 0.520. The smallest absolute Gasteiger partial charge is 0.164 e. The Morgan fingerprint density at radius 2 is 1.59 bits per heavy atom. The van der Waals surface area contributed by atoms with Gasteiger partial charge in [-0.3, -0.25) is 5.43 Å². The molecule has 0 saturated heterocycles. The Labute approximate surface area is 158 Å². The van der Waals surface area contributed by atoms with Gasteiger partial charge in [0.15, 0.2) is 11.5 Å². The van der Waals surface area contributed by atoms with Crippen molar-refractivity contribution in [3.63, 3.8) is 0 Å². The average Bonchev–Trinajstić information content (AvgIpc) is 2.68. The number of hydrogen-bond acceptors (Lipinski definition) is 6. The van der Waals surface area contributed by atoms with E-state index in [9.17, 15) is 0 Å². The predicted octanol–water partition coefficient (Wildman–Crippen LogP) is 4.32. The van der Waals surface area contributed by atoms with Gasteiger partial charge < -0.3 is 14.2 Å². The molecule has 0 saturated carbocycles. The molecule has 6 heteroatoms. The van der Waals surface area contributed by atoms with Gasteiger partial charge in [0.1, 0.15) is 11.6 Å². The van der Waals surface area contributed by atoms with Gasteiger partial charge in [-0.25, -0.2) is 4.98 Å². The molecule has 3 aromatic rings. The number of ether oxygens (including phenoxy) is 3. The van der Waals surface area contributed by atoms with Crippen LogP contribution in [0.15, 0.2) is 41.5 Å². The van der Waals surface area contributed by atoms with E-state index >= 15 is 0 Å². The minimum absolute atomic E-state index is 0.599. The zero-order valence-corrected chi connectivity index (χ0v) is 16.2. The molecule has 0 spiro atoms. The summed E-state index contributed by atoms with van der Waals surface area (Å²) in [4.78, 5) is 4.67. The molecule has 1 heterocycles. The van der Waals surface area contributed by atoms with Gasteiger partial charge in [0, 0.05) is 17.0 Å². The Bertz CT molecular complexity index is 1000. The number of hydrazone groups is 1. The molecule has 140 valence electrons. The highest BCUT2D eigenvalue weighted by Crippen LogP contribution is 2.33. The van der Waals surface area contributed by atoms with Gasteiger partial charge in [0.2, 0.25) is 0 Å². The topological polar surface area (TPSA) is 65.0 Å². The number of anilines is 1. The summed E-state index contributed by atoms with van der Waals surface area (Å²) in [5.41, 5.74) is 6.90. The first-order chi connectivity index (χ1) is 13.0. The summed E-state index contributed by atoms with van der Waals surface area (Å²) in [6.45, 7) is 4.05. The second-order valence-corrected chi connectivity index (χ2v) is 6.17. The highest BCUT2D eigenvalue weighted by atomic mass is 16.5. The van der Waals surface area contributed by atoms with E-state index in [0.29, 0.717) is 23.1 Å². The molecule has 0 aliphatic carbocycles. The van der Waals surface area contributed by atoms with E-state index in [2.05, 4.69) is 46.7 Å². The van der Waals surface area contributed by atoms with Crippen molar-refractivity contribution in [3.05, 3.63) is 53.1 Å². The Kier molecular flexibility index (Phi) is 5.45. The van der Waals surface area contributed by atoms with E-state index in [0.717, 1.165) is 22.0 Å². The Balaban J connectivity index is 1.89. The number of rotatable bonds is 6. The zero-order chi connectivity index (χ0) is 19.4. The van der Waals surface area contributed by atoms with Crippen LogP contribution in [0.4, 0.5) is 5.82 Å². The fourth-order valence-electron chi connectivity index (χ4n) is 2.81. The van der Waals surface area contributed by atoms with E-state index in [1.54, 1.807) is 33.6 Å². The van der Waals surface area contributed by atoms with Crippen LogP contribution in [-0.4, -0.2) is 32.5 Å². The lowest BCUT2D eigenvalue weighted by Crippen LogP contribution is -1.99. The third kappa shape index (κ3) is 3.95. The molecule has 3 rings (SSSR count). The van der Waals surface area contributed by atoms with Crippen LogP contribution in [0.25, 0.3) is 10.9 Å². The second kappa shape index (κ2) is 7.95. The molecule has 0 amide bonds. The molecule has 27 heavy (non-hydrogen) atoms. The molecule has 0 atom stereocenters. The summed E-state index contributed by atoms with van der Waals surface area (Å²) in [6.07, 6.45) is 1.67. The van der Waals surface area contributed by atoms with Gasteiger partial charge in [-0.1, -0.05) is 12.1 Å². The number of pyridine rings is 1. The number of nitrogens with one attached hydrogen (secondary N) is 1. The molecular weight excluding hydrogens is 342 g/mol. The number of fused-ring (bicyclic) bond motifs is 1. The van der Waals surface area contributed by atoms with Crippen molar-refractivity contribution in [2.24, 2.45) is 5.10 Å². The summed E-state index contributed by atoms with van der Waals surface area (Å²) in [6, 6.07) is 11.9. The predicted molar refractivity (Wildman–Crippen MR) is 109 cm³/mol. The number of benzene rings is 2. The fraction of sp³-hybridized carbons (Fsp3) is 0.238. The third-order valence-electron chi connectivity index (χ3n) is 4.27. The van der Waals surface area contributed by atoms with Crippen molar-refractivity contribution in [2.45, 2.75) is 13.8 Å². The number of aryl methyl sites for hydroxylation is 2. The summed E-state index contributed by atoms with van der Waals surface area (Å²) in [5.74, 6) is 2.55. The largest absolute Gasteiger partial charge is 0.496 e. The third-order valence-corrected chi connectivity index (χ3v) is 4.27.